The van der Waals surface area contributed by atoms with Crippen molar-refractivity contribution in [1.82, 2.24) is 0 Å². The second kappa shape index (κ2) is 10.5. The molecule has 0 unspecified atom stereocenters. The molecule has 1 saturated carbocycles. The molecule has 0 spiro atoms. The Balaban J connectivity index is 1.51. The Kier molecular flexibility index (Phi) is 7.76. The molecule has 5 heteroatoms. The highest BCUT2D eigenvalue weighted by molar-refractivity contribution is 5.75. The van der Waals surface area contributed by atoms with Gasteiger partial charge in [-0.2, -0.15) is 0 Å². The van der Waals surface area contributed by atoms with Crippen LogP contribution in [0.25, 0.3) is 11.1 Å². The number of carbonyl (C=O) groups is 1. The molecular weight excluding hydrogens is 374 g/mol. The summed E-state index contributed by atoms with van der Waals surface area (Å²) in [5.74, 6) is -1.18. The summed E-state index contributed by atoms with van der Waals surface area (Å²) in [5.41, 5.74) is 0.907. The summed E-state index contributed by atoms with van der Waals surface area (Å²) in [6, 6.07) is 9.93. The molecule has 29 heavy (non-hydrogen) atoms. The Labute approximate surface area is 171 Å². The van der Waals surface area contributed by atoms with Gasteiger partial charge in [0.1, 0.15) is 17.4 Å². The molecule has 0 radical (unpaired) electrons. The van der Waals surface area contributed by atoms with Crippen LogP contribution < -0.4 is 4.74 Å². The van der Waals surface area contributed by atoms with E-state index in [1.54, 1.807) is 12.1 Å². The normalized spacial score (nSPS) is 19.1. The third-order valence-corrected chi connectivity index (χ3v) is 5.42. The highest BCUT2D eigenvalue weighted by Crippen LogP contribution is 2.30. The molecule has 1 fully saturated rings. The third kappa shape index (κ3) is 6.10. The first kappa shape index (κ1) is 21.4. The number of benzene rings is 2. The van der Waals surface area contributed by atoms with Crippen LogP contribution in [0.3, 0.4) is 0 Å². The number of hydrogen-bond acceptors (Lipinski definition) is 3. The van der Waals surface area contributed by atoms with E-state index < -0.39 is 5.82 Å². The largest absolute Gasteiger partial charge is 0.426 e. The zero-order valence-corrected chi connectivity index (χ0v) is 16.8. The molecule has 1 aliphatic rings. The highest BCUT2D eigenvalue weighted by Gasteiger charge is 2.28. The van der Waals surface area contributed by atoms with Crippen LogP contribution in [0.2, 0.25) is 0 Å². The maximum atomic E-state index is 14.5. The predicted octanol–water partition coefficient (Wildman–Crippen LogP) is 6.30. The molecule has 1 aliphatic carbocycles. The summed E-state index contributed by atoms with van der Waals surface area (Å²) in [4.78, 5) is 12.4. The fourth-order valence-electron chi connectivity index (χ4n) is 3.69. The van der Waals surface area contributed by atoms with Gasteiger partial charge in [0.2, 0.25) is 0 Å². The van der Waals surface area contributed by atoms with Crippen LogP contribution in [-0.2, 0) is 9.53 Å². The van der Waals surface area contributed by atoms with E-state index in [1.807, 2.05) is 0 Å². The van der Waals surface area contributed by atoms with Crippen molar-refractivity contribution < 1.29 is 23.0 Å². The minimum atomic E-state index is -0.508. The molecule has 3 nitrogen and oxygen atoms in total. The van der Waals surface area contributed by atoms with Gasteiger partial charge in [0.05, 0.1) is 12.0 Å². The number of ether oxygens (including phenoxy) is 2. The number of carbonyl (C=O) groups excluding carboxylic acids is 1. The van der Waals surface area contributed by atoms with E-state index in [-0.39, 0.29) is 29.6 Å². The van der Waals surface area contributed by atoms with Gasteiger partial charge in [-0.1, -0.05) is 31.9 Å². The second-order valence-electron chi connectivity index (χ2n) is 7.62. The summed E-state index contributed by atoms with van der Waals surface area (Å²) < 4.78 is 38.8. The maximum absolute atomic E-state index is 14.5. The summed E-state index contributed by atoms with van der Waals surface area (Å²) in [6.45, 7) is 2.95. The van der Waals surface area contributed by atoms with Gasteiger partial charge in [-0.3, -0.25) is 4.79 Å². The number of unbranched alkanes of at least 4 members (excludes halogenated alkanes) is 2. The summed E-state index contributed by atoms with van der Waals surface area (Å²) in [7, 11) is 0. The Morgan fingerprint density at radius 3 is 2.38 bits per heavy atom. The Morgan fingerprint density at radius 1 is 1.00 bits per heavy atom. The van der Waals surface area contributed by atoms with E-state index in [9.17, 15) is 13.6 Å². The third-order valence-electron chi connectivity index (χ3n) is 5.42. The van der Waals surface area contributed by atoms with E-state index in [4.69, 9.17) is 9.47 Å². The van der Waals surface area contributed by atoms with E-state index in [1.165, 1.54) is 43.2 Å². The summed E-state index contributed by atoms with van der Waals surface area (Å²) >= 11 is 0. The van der Waals surface area contributed by atoms with Crippen LogP contribution in [0, 0.1) is 17.6 Å². The van der Waals surface area contributed by atoms with E-state index in [0.717, 1.165) is 38.7 Å². The number of esters is 1. The van der Waals surface area contributed by atoms with Gasteiger partial charge in [-0.25, -0.2) is 8.78 Å². The van der Waals surface area contributed by atoms with E-state index in [2.05, 4.69) is 6.92 Å². The monoisotopic (exact) mass is 402 g/mol. The second-order valence-corrected chi connectivity index (χ2v) is 7.62. The maximum Gasteiger partial charge on any atom is 0.314 e. The average Bonchev–Trinajstić information content (AvgIpc) is 2.73. The van der Waals surface area contributed by atoms with Gasteiger partial charge in [0, 0.05) is 18.2 Å². The van der Waals surface area contributed by atoms with Crippen molar-refractivity contribution in [1.29, 1.82) is 0 Å². The SMILES string of the molecule is CCCCCOC1CCC(C(=O)Oc2ccc(-c3ccc(F)cc3)c(F)c2)CC1. The minimum absolute atomic E-state index is 0.176. The van der Waals surface area contributed by atoms with Crippen molar-refractivity contribution in [3.05, 3.63) is 54.1 Å². The first-order valence-electron chi connectivity index (χ1n) is 10.5. The van der Waals surface area contributed by atoms with Gasteiger partial charge in [0.15, 0.2) is 0 Å². The van der Waals surface area contributed by atoms with Gasteiger partial charge in [-0.15, -0.1) is 0 Å². The molecule has 3 rings (SSSR count). The van der Waals surface area contributed by atoms with Crippen LogP contribution in [-0.4, -0.2) is 18.7 Å². The van der Waals surface area contributed by atoms with Crippen LogP contribution in [0.15, 0.2) is 42.5 Å². The predicted molar refractivity (Wildman–Crippen MR) is 109 cm³/mol. The summed E-state index contributed by atoms with van der Waals surface area (Å²) in [5, 5.41) is 0. The molecule has 0 N–H and O–H groups in total. The number of halogens is 2. The zero-order valence-electron chi connectivity index (χ0n) is 16.8. The molecule has 0 saturated heterocycles. The molecule has 156 valence electrons. The van der Waals surface area contributed by atoms with Crippen LogP contribution in [0.5, 0.6) is 5.75 Å². The van der Waals surface area contributed by atoms with Crippen molar-refractivity contribution in [2.45, 2.75) is 58.0 Å². The standard InChI is InChI=1S/C24H28F2O3/c1-2-3-4-15-28-20-11-7-18(8-12-20)24(27)29-21-13-14-22(23(26)16-21)17-5-9-19(25)10-6-17/h5-6,9-10,13-14,16,18,20H,2-4,7-8,11-12,15H2,1H3. The smallest absolute Gasteiger partial charge is 0.314 e. The molecule has 2 aromatic carbocycles. The van der Waals surface area contributed by atoms with Gasteiger partial charge < -0.3 is 9.47 Å². The van der Waals surface area contributed by atoms with E-state index in [0.29, 0.717) is 11.1 Å². The van der Waals surface area contributed by atoms with Crippen LogP contribution in [0.4, 0.5) is 8.78 Å². The van der Waals surface area contributed by atoms with Gasteiger partial charge >= 0.3 is 5.97 Å². The fourth-order valence-corrected chi connectivity index (χ4v) is 3.69. The first-order valence-corrected chi connectivity index (χ1v) is 10.5. The highest BCUT2D eigenvalue weighted by atomic mass is 19.1. The lowest BCUT2D eigenvalue weighted by Gasteiger charge is -2.27. The molecule has 0 aliphatic heterocycles. The number of rotatable bonds is 8. The molecule has 0 aromatic heterocycles. The number of hydrogen-bond donors (Lipinski definition) is 0. The lowest BCUT2D eigenvalue weighted by Crippen LogP contribution is -2.29. The Hall–Kier alpha value is -2.27. The molecular formula is C24H28F2O3. The van der Waals surface area contributed by atoms with E-state index >= 15 is 0 Å². The van der Waals surface area contributed by atoms with Crippen LogP contribution in [0.1, 0.15) is 51.9 Å². The average molecular weight is 402 g/mol. The minimum Gasteiger partial charge on any atom is -0.426 e. The molecule has 0 amide bonds. The Bertz CT molecular complexity index is 796. The fraction of sp³-hybridized carbons (Fsp3) is 0.458. The van der Waals surface area contributed by atoms with Crippen molar-refractivity contribution >= 4 is 5.97 Å². The van der Waals surface area contributed by atoms with Crippen molar-refractivity contribution in [2.24, 2.45) is 5.92 Å². The van der Waals surface area contributed by atoms with Crippen molar-refractivity contribution in [3.8, 4) is 16.9 Å². The molecule has 0 bridgehead atoms. The zero-order chi connectivity index (χ0) is 20.6. The molecule has 0 atom stereocenters. The molecule has 2 aromatic rings. The molecule has 0 heterocycles. The van der Waals surface area contributed by atoms with Gasteiger partial charge in [0.25, 0.3) is 0 Å². The Morgan fingerprint density at radius 2 is 1.72 bits per heavy atom. The lowest BCUT2D eigenvalue weighted by atomic mass is 9.87. The van der Waals surface area contributed by atoms with Crippen molar-refractivity contribution in [3.63, 3.8) is 0 Å². The lowest BCUT2D eigenvalue weighted by molar-refractivity contribution is -0.141. The van der Waals surface area contributed by atoms with Gasteiger partial charge in [-0.05, 0) is 61.9 Å². The van der Waals surface area contributed by atoms with Crippen LogP contribution >= 0.6 is 0 Å². The topological polar surface area (TPSA) is 35.5 Å². The first-order chi connectivity index (χ1) is 14.1. The van der Waals surface area contributed by atoms with Crippen molar-refractivity contribution in [2.75, 3.05) is 6.61 Å². The summed E-state index contributed by atoms with van der Waals surface area (Å²) in [6.07, 6.45) is 6.82. The quantitative estimate of drug-likeness (QED) is 0.295.